The van der Waals surface area contributed by atoms with Gasteiger partial charge in [0.05, 0.1) is 15.7 Å². The topological polar surface area (TPSA) is 36.4 Å². The molecule has 0 N–H and O–H groups in total. The minimum absolute atomic E-state index is 0.155. The van der Waals surface area contributed by atoms with Crippen molar-refractivity contribution in [1.82, 2.24) is 14.8 Å². The first-order valence-electron chi connectivity index (χ1n) is 10.2. The first kappa shape index (κ1) is 25.7. The van der Waals surface area contributed by atoms with Crippen LogP contribution in [-0.2, 0) is 5.34 Å². The molecule has 27 heavy (non-hydrogen) atoms. The van der Waals surface area contributed by atoms with Gasteiger partial charge < -0.3 is 9.80 Å². The first-order valence-corrected chi connectivity index (χ1v) is 10.2. The van der Waals surface area contributed by atoms with Crippen LogP contribution in [0.5, 0.6) is 0 Å². The molecule has 2 heterocycles. The molecule has 1 aliphatic rings. The highest BCUT2D eigenvalue weighted by atomic mass is 16.2. The zero-order chi connectivity index (χ0) is 21.2. The van der Waals surface area contributed by atoms with Gasteiger partial charge in [-0.2, -0.15) is 0 Å². The zero-order valence-corrected chi connectivity index (χ0v) is 18.6. The maximum atomic E-state index is 12.1. The summed E-state index contributed by atoms with van der Waals surface area (Å²) in [7, 11) is 16.2. The van der Waals surface area contributed by atoms with Gasteiger partial charge in [0, 0.05) is 25.8 Å². The first-order chi connectivity index (χ1) is 12.6. The molecule has 1 aromatic rings. The summed E-state index contributed by atoms with van der Waals surface area (Å²) >= 11 is 0. The van der Waals surface area contributed by atoms with Crippen LogP contribution in [0.3, 0.4) is 0 Å². The van der Waals surface area contributed by atoms with Crippen LogP contribution in [0.1, 0.15) is 77.0 Å². The smallest absolute Gasteiger partial charge is 0.271 e. The van der Waals surface area contributed by atoms with Gasteiger partial charge in [0.25, 0.3) is 5.91 Å². The van der Waals surface area contributed by atoms with Gasteiger partial charge >= 0.3 is 0 Å². The third-order valence-corrected chi connectivity index (χ3v) is 4.40. The van der Waals surface area contributed by atoms with Crippen molar-refractivity contribution >= 4 is 21.6 Å². The Morgan fingerprint density at radius 3 is 2.30 bits per heavy atom. The molecule has 0 aromatic carbocycles. The highest BCUT2D eigenvalue weighted by Gasteiger charge is 2.35. The monoisotopic (exact) mass is 369 g/mol. The summed E-state index contributed by atoms with van der Waals surface area (Å²) in [5.74, 6) is 0.523. The second-order valence-corrected chi connectivity index (χ2v) is 7.31. The van der Waals surface area contributed by atoms with Gasteiger partial charge in [0.1, 0.15) is 5.69 Å². The summed E-state index contributed by atoms with van der Waals surface area (Å²) in [6.07, 6.45) is 3.38. The molecule has 2 unspecified atom stereocenters. The van der Waals surface area contributed by atoms with E-state index in [4.69, 9.17) is 15.7 Å². The van der Waals surface area contributed by atoms with Gasteiger partial charge in [-0.15, -0.1) is 0 Å². The summed E-state index contributed by atoms with van der Waals surface area (Å²) in [6.45, 7) is 13.5. The van der Waals surface area contributed by atoms with Crippen LogP contribution in [-0.4, -0.2) is 63.1 Å². The summed E-state index contributed by atoms with van der Waals surface area (Å²) in [6, 6.07) is 5.54. The minimum atomic E-state index is -1.16. The van der Waals surface area contributed by atoms with Crippen molar-refractivity contribution < 1.29 is 4.79 Å². The van der Waals surface area contributed by atoms with Crippen molar-refractivity contribution in [3.8, 4) is 0 Å². The highest BCUT2D eigenvalue weighted by molar-refractivity contribution is 6.39. The number of hydrogen-bond acceptors (Lipinski definition) is 3. The third kappa shape index (κ3) is 7.33. The third-order valence-electron chi connectivity index (χ3n) is 4.40. The summed E-state index contributed by atoms with van der Waals surface area (Å²) in [5, 5.41) is -1.16. The molecular weight excluding hydrogens is 332 g/mol. The van der Waals surface area contributed by atoms with Crippen LogP contribution in [0.4, 0.5) is 0 Å². The van der Waals surface area contributed by atoms with Crippen molar-refractivity contribution in [2.24, 2.45) is 5.92 Å². The van der Waals surface area contributed by atoms with E-state index in [1.54, 1.807) is 32.3 Å². The molecule has 0 aliphatic carbocycles. The summed E-state index contributed by atoms with van der Waals surface area (Å²) in [5.41, 5.74) is 0.891. The Balaban J connectivity index is 0.00000123. The zero-order valence-electron chi connectivity index (χ0n) is 18.6. The molecule has 4 nitrogen and oxygen atoms in total. The maximum Gasteiger partial charge on any atom is 0.271 e. The molecule has 1 aromatic heterocycles. The largest absolute Gasteiger partial charge is 0.343 e. The lowest BCUT2D eigenvalue weighted by atomic mass is 9.57. The predicted octanol–water partition coefficient (Wildman–Crippen LogP) is 3.79. The number of carbonyl (C=O) groups is 1. The number of carbonyl (C=O) groups excluding carboxylic acids is 1. The molecule has 0 saturated carbocycles. The van der Waals surface area contributed by atoms with Gasteiger partial charge in [0.2, 0.25) is 0 Å². The maximum absolute atomic E-state index is 12.1. The van der Waals surface area contributed by atoms with Crippen molar-refractivity contribution in [1.29, 1.82) is 0 Å². The summed E-state index contributed by atoms with van der Waals surface area (Å²) < 4.78 is 0. The normalized spacial score (nSPS) is 19.9. The average molecular weight is 369 g/mol. The van der Waals surface area contributed by atoms with Crippen molar-refractivity contribution in [3.05, 3.63) is 29.6 Å². The SMILES string of the molecule is CC.CCC.[B]C([B])(c1cccc(C(=O)N(C)C)n1)N1CCC(C)CC1C. The van der Waals surface area contributed by atoms with E-state index in [0.717, 1.165) is 19.4 Å². The van der Waals surface area contributed by atoms with Crippen molar-refractivity contribution in [3.63, 3.8) is 0 Å². The molecular formula is C21H37B2N3O. The molecule has 4 radical (unpaired) electrons. The van der Waals surface area contributed by atoms with Crippen molar-refractivity contribution in [2.45, 2.75) is 72.2 Å². The van der Waals surface area contributed by atoms with Crippen LogP contribution in [0, 0.1) is 5.92 Å². The molecule has 0 bridgehead atoms. The van der Waals surface area contributed by atoms with Crippen LogP contribution < -0.4 is 0 Å². The van der Waals surface area contributed by atoms with Crippen LogP contribution in [0.25, 0.3) is 0 Å². The number of hydrogen-bond donors (Lipinski definition) is 0. The lowest BCUT2D eigenvalue weighted by molar-refractivity contribution is 0.0817. The van der Waals surface area contributed by atoms with E-state index >= 15 is 0 Å². The molecule has 1 aliphatic heterocycles. The Morgan fingerprint density at radius 1 is 1.26 bits per heavy atom. The van der Waals surface area contributed by atoms with Gasteiger partial charge in [0.15, 0.2) is 0 Å². The van der Waals surface area contributed by atoms with Gasteiger partial charge in [-0.3, -0.25) is 4.79 Å². The molecule has 2 rings (SSSR count). The Kier molecular flexibility index (Phi) is 11.6. The van der Waals surface area contributed by atoms with E-state index < -0.39 is 5.34 Å². The van der Waals surface area contributed by atoms with E-state index in [2.05, 4.69) is 37.6 Å². The van der Waals surface area contributed by atoms with Crippen LogP contribution in [0.15, 0.2) is 18.2 Å². The quantitative estimate of drug-likeness (QED) is 0.761. The minimum Gasteiger partial charge on any atom is -0.343 e. The standard InChI is InChI=1S/C16H23B2N3O.C3H8.C2H6/c1-11-8-9-21(12(2)10-11)16(17,18)14-7-5-6-13(19-14)15(22)20(3)4;1-3-2;1-2/h5-7,11-12H,8-10H2,1-4H3;3H2,1-2H3;1-2H3. The molecule has 1 saturated heterocycles. The lowest BCUT2D eigenvalue weighted by Gasteiger charge is -2.47. The Labute approximate surface area is 169 Å². The number of likely N-dealkylation sites (tertiary alicyclic amines) is 1. The Hall–Kier alpha value is -1.29. The molecule has 0 spiro atoms. The molecule has 148 valence electrons. The van der Waals surface area contributed by atoms with Crippen LogP contribution >= 0.6 is 0 Å². The Morgan fingerprint density at radius 2 is 1.81 bits per heavy atom. The van der Waals surface area contributed by atoms with Gasteiger partial charge in [-0.25, -0.2) is 4.98 Å². The number of amides is 1. The molecule has 6 heteroatoms. The lowest BCUT2D eigenvalue weighted by Crippen LogP contribution is -2.55. The number of aromatic nitrogens is 1. The number of pyridine rings is 1. The summed E-state index contributed by atoms with van der Waals surface area (Å²) in [4.78, 5) is 20.1. The molecule has 2 atom stereocenters. The molecule has 1 amide bonds. The second-order valence-electron chi connectivity index (χ2n) is 7.31. The number of piperidine rings is 1. The molecule has 1 fully saturated rings. The fraction of sp³-hybridized carbons (Fsp3) is 0.714. The average Bonchev–Trinajstić information content (AvgIpc) is 2.63. The van der Waals surface area contributed by atoms with Gasteiger partial charge in [-0.05, 0) is 49.7 Å². The Bertz CT molecular complexity index is 564. The van der Waals surface area contributed by atoms with Crippen molar-refractivity contribution in [2.75, 3.05) is 20.6 Å². The van der Waals surface area contributed by atoms with E-state index in [-0.39, 0.29) is 11.9 Å². The van der Waals surface area contributed by atoms with E-state index in [1.807, 2.05) is 13.8 Å². The van der Waals surface area contributed by atoms with Crippen LogP contribution in [0.2, 0.25) is 0 Å². The van der Waals surface area contributed by atoms with E-state index in [0.29, 0.717) is 17.3 Å². The number of rotatable bonds is 3. The second kappa shape index (κ2) is 12.2. The predicted molar refractivity (Wildman–Crippen MR) is 117 cm³/mol. The van der Waals surface area contributed by atoms with E-state index in [1.165, 1.54) is 11.3 Å². The number of nitrogens with zero attached hydrogens (tertiary/aromatic N) is 3. The van der Waals surface area contributed by atoms with E-state index in [9.17, 15) is 4.79 Å². The van der Waals surface area contributed by atoms with Gasteiger partial charge in [-0.1, -0.05) is 47.1 Å². The fourth-order valence-electron chi connectivity index (χ4n) is 3.11. The fourth-order valence-corrected chi connectivity index (χ4v) is 3.11. The highest BCUT2D eigenvalue weighted by Crippen LogP contribution is 2.31.